The molecule has 2 N–H and O–H groups in total. The van der Waals surface area contributed by atoms with Gasteiger partial charge in [-0.25, -0.2) is 4.79 Å². The summed E-state index contributed by atoms with van der Waals surface area (Å²) in [6, 6.07) is 11.7. The Morgan fingerprint density at radius 3 is 2.21 bits per heavy atom. The largest absolute Gasteiger partial charge is 0.459 e. The van der Waals surface area contributed by atoms with Crippen LogP contribution in [-0.2, 0) is 30.5 Å². The zero-order valence-electron chi connectivity index (χ0n) is 18.8. The normalized spacial score (nSPS) is 12.4. The van der Waals surface area contributed by atoms with Gasteiger partial charge in [0.25, 0.3) is 5.91 Å². The predicted molar refractivity (Wildman–Crippen MR) is 116 cm³/mol. The van der Waals surface area contributed by atoms with Gasteiger partial charge in [-0.2, -0.15) is 40.2 Å². The molecule has 0 radical (unpaired) electrons. The number of alkyl halides is 8. The highest BCUT2D eigenvalue weighted by Crippen LogP contribution is 2.48. The second kappa shape index (κ2) is 10.6. The molecule has 0 unspecified atom stereocenters. The van der Waals surface area contributed by atoms with E-state index in [0.717, 1.165) is 23.8 Å². The average molecular weight is 571 g/mol. The van der Waals surface area contributed by atoms with Crippen LogP contribution in [0.2, 0.25) is 5.02 Å². The molecule has 3 aromatic rings. The Morgan fingerprint density at radius 2 is 1.63 bits per heavy atom. The van der Waals surface area contributed by atoms with Gasteiger partial charge in [0, 0.05) is 12.7 Å². The average Bonchev–Trinajstić information content (AvgIpc) is 3.18. The number of hydrogen-bond acceptors (Lipinski definition) is 5. The van der Waals surface area contributed by atoms with E-state index in [0.29, 0.717) is 7.05 Å². The van der Waals surface area contributed by atoms with E-state index in [1.54, 1.807) is 30.3 Å². The van der Waals surface area contributed by atoms with Crippen LogP contribution < -0.4 is 10.8 Å². The van der Waals surface area contributed by atoms with Crippen molar-refractivity contribution in [2.45, 2.75) is 24.8 Å². The standard InChI is InChI=1S/C22H15ClF8N4O3/c1-35-16(15(21(26,27)28)17(34-35)20(24,25)22(29,30)31)18(36)33-12-7-8-14(23)13(9-12)19(37)38-32-10-11-5-3-2-4-6-11/h2-9,32H,10H2,1H3,(H,33,36). The van der Waals surface area contributed by atoms with Crippen molar-refractivity contribution in [3.63, 3.8) is 0 Å². The van der Waals surface area contributed by atoms with Gasteiger partial charge in [-0.3, -0.25) is 9.48 Å². The van der Waals surface area contributed by atoms with Crippen molar-refractivity contribution in [3.05, 3.63) is 81.6 Å². The van der Waals surface area contributed by atoms with Crippen LogP contribution in [0.15, 0.2) is 48.5 Å². The number of nitrogens with zero attached hydrogens (tertiary/aromatic N) is 2. The molecule has 0 bridgehead atoms. The van der Waals surface area contributed by atoms with Gasteiger partial charge in [0.1, 0.15) is 11.3 Å². The third kappa shape index (κ3) is 6.05. The van der Waals surface area contributed by atoms with Gasteiger partial charge in [0.15, 0.2) is 5.69 Å². The number of carbonyl (C=O) groups excluding carboxylic acids is 2. The summed E-state index contributed by atoms with van der Waals surface area (Å²) < 4.78 is 107. The fraction of sp³-hybridized carbons (Fsp3) is 0.227. The molecular weight excluding hydrogens is 556 g/mol. The minimum Gasteiger partial charge on any atom is -0.366 e. The van der Waals surface area contributed by atoms with Gasteiger partial charge in [-0.05, 0) is 23.8 Å². The summed E-state index contributed by atoms with van der Waals surface area (Å²) in [7, 11) is 0.586. The monoisotopic (exact) mass is 570 g/mol. The maximum Gasteiger partial charge on any atom is 0.459 e. The second-order valence-corrected chi connectivity index (χ2v) is 8.02. The SMILES string of the molecule is Cn1nc(C(F)(F)C(F)(F)F)c(C(F)(F)F)c1C(=O)Nc1ccc(Cl)c(C(=O)ONCc2ccccc2)c1. The molecule has 1 amide bonds. The number of aryl methyl sites for hydroxylation is 1. The summed E-state index contributed by atoms with van der Waals surface area (Å²) in [4.78, 5) is 29.9. The zero-order valence-corrected chi connectivity index (χ0v) is 19.6. The molecule has 0 fully saturated rings. The zero-order chi connectivity index (χ0) is 28.5. The molecule has 0 aliphatic rings. The van der Waals surface area contributed by atoms with Gasteiger partial charge in [0.05, 0.1) is 17.1 Å². The van der Waals surface area contributed by atoms with Crippen molar-refractivity contribution < 1.29 is 49.5 Å². The molecule has 1 heterocycles. The number of halogens is 9. The third-order valence-corrected chi connectivity index (χ3v) is 5.26. The summed E-state index contributed by atoms with van der Waals surface area (Å²) >= 11 is 5.95. The van der Waals surface area contributed by atoms with E-state index in [2.05, 4.69) is 10.6 Å². The quantitative estimate of drug-likeness (QED) is 0.275. The summed E-state index contributed by atoms with van der Waals surface area (Å²) in [5.74, 6) is -8.80. The molecule has 16 heteroatoms. The van der Waals surface area contributed by atoms with Crippen LogP contribution in [0.5, 0.6) is 0 Å². The first-order valence-electron chi connectivity index (χ1n) is 10.2. The first-order chi connectivity index (χ1) is 17.5. The molecule has 2 aromatic carbocycles. The summed E-state index contributed by atoms with van der Waals surface area (Å²) in [6.45, 7) is 0.103. The summed E-state index contributed by atoms with van der Waals surface area (Å²) in [6.07, 6.45) is -12.2. The summed E-state index contributed by atoms with van der Waals surface area (Å²) in [5, 5.41) is 4.38. The Morgan fingerprint density at radius 1 is 1.00 bits per heavy atom. The Balaban J connectivity index is 1.87. The topological polar surface area (TPSA) is 85.2 Å². The van der Waals surface area contributed by atoms with Crippen LogP contribution in [-0.4, -0.2) is 27.8 Å². The van der Waals surface area contributed by atoms with E-state index in [9.17, 15) is 44.7 Å². The fourth-order valence-electron chi connectivity index (χ4n) is 3.19. The Bertz CT molecular complexity index is 1340. The molecule has 204 valence electrons. The van der Waals surface area contributed by atoms with Crippen molar-refractivity contribution in [1.82, 2.24) is 15.3 Å². The van der Waals surface area contributed by atoms with Gasteiger partial charge in [0.2, 0.25) is 0 Å². The van der Waals surface area contributed by atoms with Gasteiger partial charge < -0.3 is 10.2 Å². The molecule has 38 heavy (non-hydrogen) atoms. The van der Waals surface area contributed by atoms with Gasteiger partial charge in [-0.1, -0.05) is 41.9 Å². The van der Waals surface area contributed by atoms with Gasteiger partial charge in [-0.15, -0.1) is 5.48 Å². The van der Waals surface area contributed by atoms with Crippen LogP contribution in [0.4, 0.5) is 40.8 Å². The van der Waals surface area contributed by atoms with Crippen molar-refractivity contribution in [2.24, 2.45) is 7.05 Å². The minimum absolute atomic E-state index is 0.0499. The highest BCUT2D eigenvalue weighted by Gasteiger charge is 2.64. The molecular formula is C22H15ClF8N4O3. The lowest BCUT2D eigenvalue weighted by molar-refractivity contribution is -0.292. The number of amides is 1. The number of aromatic nitrogens is 2. The van der Waals surface area contributed by atoms with Crippen LogP contribution in [0.25, 0.3) is 0 Å². The highest BCUT2D eigenvalue weighted by atomic mass is 35.5. The molecule has 0 aliphatic carbocycles. The molecule has 0 saturated heterocycles. The number of anilines is 1. The number of hydrogen-bond donors (Lipinski definition) is 2. The fourth-order valence-corrected chi connectivity index (χ4v) is 3.39. The lowest BCUT2D eigenvalue weighted by atomic mass is 10.1. The van der Waals surface area contributed by atoms with Crippen LogP contribution in [0, 0.1) is 0 Å². The summed E-state index contributed by atoms with van der Waals surface area (Å²) in [5.41, 5.74) is -4.46. The van der Waals surface area contributed by atoms with E-state index in [1.807, 2.05) is 5.32 Å². The van der Waals surface area contributed by atoms with Crippen molar-refractivity contribution >= 4 is 29.2 Å². The minimum atomic E-state index is -6.42. The number of carbonyl (C=O) groups is 2. The Hall–Kier alpha value is -3.72. The molecule has 3 rings (SSSR count). The molecule has 0 saturated carbocycles. The van der Waals surface area contributed by atoms with Crippen LogP contribution in [0.1, 0.15) is 37.7 Å². The number of hydroxylamine groups is 1. The van der Waals surface area contributed by atoms with E-state index in [-0.39, 0.29) is 27.5 Å². The van der Waals surface area contributed by atoms with Crippen LogP contribution in [0.3, 0.4) is 0 Å². The predicted octanol–water partition coefficient (Wildman–Crippen LogP) is 5.86. The third-order valence-electron chi connectivity index (χ3n) is 4.93. The smallest absolute Gasteiger partial charge is 0.366 e. The number of rotatable bonds is 7. The first-order valence-corrected chi connectivity index (χ1v) is 10.6. The highest BCUT2D eigenvalue weighted by molar-refractivity contribution is 6.33. The maximum absolute atomic E-state index is 13.8. The Kier molecular flexibility index (Phi) is 8.02. The van der Waals surface area contributed by atoms with Crippen molar-refractivity contribution in [3.8, 4) is 0 Å². The number of benzene rings is 2. The second-order valence-electron chi connectivity index (χ2n) is 7.61. The first kappa shape index (κ1) is 28.8. The molecule has 0 aliphatic heterocycles. The van der Waals surface area contributed by atoms with E-state index in [1.165, 1.54) is 0 Å². The molecule has 0 atom stereocenters. The maximum atomic E-state index is 13.8. The van der Waals surface area contributed by atoms with E-state index in [4.69, 9.17) is 16.4 Å². The van der Waals surface area contributed by atoms with E-state index >= 15 is 0 Å². The molecule has 1 aromatic heterocycles. The Labute approximate surface area is 213 Å². The van der Waals surface area contributed by atoms with Gasteiger partial charge >= 0.3 is 24.2 Å². The van der Waals surface area contributed by atoms with Crippen molar-refractivity contribution in [2.75, 3.05) is 5.32 Å². The molecule has 0 spiro atoms. The number of nitrogens with one attached hydrogen (secondary N) is 2. The van der Waals surface area contributed by atoms with E-state index < -0.39 is 47.1 Å². The lowest BCUT2D eigenvalue weighted by Crippen LogP contribution is -2.36. The lowest BCUT2D eigenvalue weighted by Gasteiger charge is -2.19. The van der Waals surface area contributed by atoms with Crippen molar-refractivity contribution in [1.29, 1.82) is 0 Å². The van der Waals surface area contributed by atoms with Crippen LogP contribution >= 0.6 is 11.6 Å². The molecule has 7 nitrogen and oxygen atoms in total.